The van der Waals surface area contributed by atoms with Crippen LogP contribution in [-0.2, 0) is 0 Å². The minimum atomic E-state index is -0.369. The molecular weight excluding hydrogens is 337 g/mol. The van der Waals surface area contributed by atoms with Gasteiger partial charge < -0.3 is 5.32 Å². The number of rotatable bonds is 4. The Labute approximate surface area is 151 Å². The van der Waals surface area contributed by atoms with Crippen LogP contribution in [0.5, 0.6) is 0 Å². The second-order valence-electron chi connectivity index (χ2n) is 5.84. The van der Waals surface area contributed by atoms with E-state index in [9.17, 15) is 4.39 Å². The van der Waals surface area contributed by atoms with Crippen LogP contribution in [0.1, 0.15) is 18.1 Å². The van der Waals surface area contributed by atoms with Crippen LogP contribution in [-0.4, -0.2) is 9.97 Å². The van der Waals surface area contributed by atoms with Crippen molar-refractivity contribution in [3.63, 3.8) is 0 Å². The molecule has 0 spiro atoms. The van der Waals surface area contributed by atoms with Crippen molar-refractivity contribution >= 4 is 28.5 Å². The first kappa shape index (κ1) is 17.1. The number of anilines is 2. The minimum Gasteiger partial charge on any atom is -0.355 e. The van der Waals surface area contributed by atoms with Crippen LogP contribution in [0.3, 0.4) is 0 Å². The zero-order valence-electron chi connectivity index (χ0n) is 14.0. The third-order valence-electron chi connectivity index (χ3n) is 3.86. The molecule has 3 aromatic rings. The molecule has 0 fully saturated rings. The summed E-state index contributed by atoms with van der Waals surface area (Å²) in [4.78, 5) is 8.48. The van der Waals surface area contributed by atoms with Gasteiger partial charge in [0.2, 0.25) is 0 Å². The lowest BCUT2D eigenvalue weighted by Crippen LogP contribution is -1.99. The molecule has 0 saturated heterocycles. The van der Waals surface area contributed by atoms with Gasteiger partial charge in [0, 0.05) is 46.1 Å². The normalized spacial score (nSPS) is 10.6. The second-order valence-corrected chi connectivity index (χ2v) is 6.27. The fourth-order valence-electron chi connectivity index (χ4n) is 2.50. The van der Waals surface area contributed by atoms with Gasteiger partial charge in [0.25, 0.3) is 0 Å². The number of hydrogen-bond acceptors (Lipinski definition) is 3. The van der Waals surface area contributed by atoms with Crippen LogP contribution in [0.2, 0.25) is 5.02 Å². The monoisotopic (exact) mass is 353 g/mol. The number of benzene rings is 1. The van der Waals surface area contributed by atoms with E-state index in [2.05, 4.69) is 21.9 Å². The van der Waals surface area contributed by atoms with E-state index in [0.29, 0.717) is 16.3 Å². The molecule has 5 heteroatoms. The minimum absolute atomic E-state index is 0.357. The molecule has 0 saturated carbocycles. The predicted molar refractivity (Wildman–Crippen MR) is 102 cm³/mol. The van der Waals surface area contributed by atoms with E-state index in [-0.39, 0.29) is 5.82 Å². The molecule has 0 atom stereocenters. The summed E-state index contributed by atoms with van der Waals surface area (Å²) >= 11 is 6.01. The van der Waals surface area contributed by atoms with Crippen LogP contribution in [0.15, 0.2) is 55.5 Å². The van der Waals surface area contributed by atoms with Crippen LogP contribution >= 0.6 is 11.6 Å². The van der Waals surface area contributed by atoms with Crippen molar-refractivity contribution in [3.8, 4) is 11.3 Å². The highest BCUT2D eigenvalue weighted by Crippen LogP contribution is 2.32. The van der Waals surface area contributed by atoms with Gasteiger partial charge in [0.05, 0.1) is 5.69 Å². The fraction of sp³-hybridized carbons (Fsp3) is 0.100. The Morgan fingerprint density at radius 2 is 1.96 bits per heavy atom. The molecule has 3 rings (SSSR count). The van der Waals surface area contributed by atoms with Crippen molar-refractivity contribution in [3.05, 3.63) is 77.5 Å². The van der Waals surface area contributed by atoms with E-state index in [1.54, 1.807) is 30.7 Å². The Morgan fingerprint density at radius 1 is 1.16 bits per heavy atom. The summed E-state index contributed by atoms with van der Waals surface area (Å²) in [5.41, 5.74) is 5.30. The van der Waals surface area contributed by atoms with Gasteiger partial charge in [0.15, 0.2) is 0 Å². The number of halogens is 2. The summed E-state index contributed by atoms with van der Waals surface area (Å²) in [7, 11) is 0. The van der Waals surface area contributed by atoms with Gasteiger partial charge in [-0.25, -0.2) is 4.39 Å². The average molecular weight is 354 g/mol. The van der Waals surface area contributed by atoms with E-state index in [4.69, 9.17) is 11.6 Å². The molecule has 0 unspecified atom stereocenters. The lowest BCUT2D eigenvalue weighted by molar-refractivity contribution is 0.631. The quantitative estimate of drug-likeness (QED) is 0.623. The standard InChI is InChI=1S/C20H17ClFN3/c1-12(2)16-11-24-19(15-8-14(21)4-5-17(15)22)9-20(16)25-18-6-7-23-10-13(18)3/h4-11H,1H2,2-3H3,(H,23,24,25). The van der Waals surface area contributed by atoms with Crippen LogP contribution < -0.4 is 5.32 Å². The number of aromatic nitrogens is 2. The van der Waals surface area contributed by atoms with E-state index >= 15 is 0 Å². The Hall–Kier alpha value is -2.72. The number of nitrogens with zero attached hydrogens (tertiary/aromatic N) is 2. The zero-order valence-corrected chi connectivity index (χ0v) is 14.7. The molecule has 0 aliphatic heterocycles. The van der Waals surface area contributed by atoms with Gasteiger partial charge in [-0.15, -0.1) is 0 Å². The van der Waals surface area contributed by atoms with Crippen molar-refractivity contribution in [2.75, 3.05) is 5.32 Å². The maximum absolute atomic E-state index is 14.2. The predicted octanol–water partition coefficient (Wildman–Crippen LogP) is 6.02. The largest absolute Gasteiger partial charge is 0.355 e. The van der Waals surface area contributed by atoms with Gasteiger partial charge in [-0.3, -0.25) is 9.97 Å². The van der Waals surface area contributed by atoms with Crippen LogP contribution in [0.4, 0.5) is 15.8 Å². The molecular formula is C20H17ClFN3. The maximum atomic E-state index is 14.2. The number of nitrogens with one attached hydrogen (secondary N) is 1. The van der Waals surface area contributed by atoms with Crippen LogP contribution in [0, 0.1) is 12.7 Å². The van der Waals surface area contributed by atoms with E-state index in [1.807, 2.05) is 19.9 Å². The second kappa shape index (κ2) is 7.03. The lowest BCUT2D eigenvalue weighted by atomic mass is 10.0. The first-order chi connectivity index (χ1) is 12.0. The van der Waals surface area contributed by atoms with Crippen molar-refractivity contribution < 1.29 is 4.39 Å². The highest BCUT2D eigenvalue weighted by molar-refractivity contribution is 6.30. The summed E-state index contributed by atoms with van der Waals surface area (Å²) in [5, 5.41) is 3.83. The first-order valence-electron chi connectivity index (χ1n) is 7.74. The lowest BCUT2D eigenvalue weighted by Gasteiger charge is -2.15. The SMILES string of the molecule is C=C(C)c1cnc(-c2cc(Cl)ccc2F)cc1Nc1ccncc1C. The molecule has 0 aliphatic carbocycles. The van der Waals surface area contributed by atoms with E-state index in [0.717, 1.165) is 28.1 Å². The van der Waals surface area contributed by atoms with Crippen LogP contribution in [0.25, 0.3) is 16.8 Å². The number of pyridine rings is 2. The molecule has 25 heavy (non-hydrogen) atoms. The van der Waals surface area contributed by atoms with Crippen molar-refractivity contribution in [1.82, 2.24) is 9.97 Å². The van der Waals surface area contributed by atoms with Crippen molar-refractivity contribution in [2.45, 2.75) is 13.8 Å². The van der Waals surface area contributed by atoms with Gasteiger partial charge in [-0.2, -0.15) is 0 Å². The first-order valence-corrected chi connectivity index (χ1v) is 8.12. The molecule has 0 bridgehead atoms. The Kier molecular flexibility index (Phi) is 4.81. The van der Waals surface area contributed by atoms with Gasteiger partial charge in [0.1, 0.15) is 5.82 Å². The molecule has 2 heterocycles. The highest BCUT2D eigenvalue weighted by Gasteiger charge is 2.12. The van der Waals surface area contributed by atoms with E-state index in [1.165, 1.54) is 12.1 Å². The molecule has 126 valence electrons. The summed E-state index contributed by atoms with van der Waals surface area (Å²) in [6.45, 7) is 7.87. The topological polar surface area (TPSA) is 37.8 Å². The van der Waals surface area contributed by atoms with Crippen molar-refractivity contribution in [2.24, 2.45) is 0 Å². The summed E-state index contributed by atoms with van der Waals surface area (Å²) in [6.07, 6.45) is 5.19. The summed E-state index contributed by atoms with van der Waals surface area (Å²) < 4.78 is 14.2. The molecule has 0 aliphatic rings. The molecule has 0 radical (unpaired) electrons. The smallest absolute Gasteiger partial charge is 0.132 e. The summed E-state index contributed by atoms with van der Waals surface area (Å²) in [5.74, 6) is -0.369. The third-order valence-corrected chi connectivity index (χ3v) is 4.09. The van der Waals surface area contributed by atoms with Gasteiger partial charge in [-0.1, -0.05) is 18.2 Å². The molecule has 0 amide bonds. The van der Waals surface area contributed by atoms with E-state index < -0.39 is 0 Å². The summed E-state index contributed by atoms with van der Waals surface area (Å²) in [6, 6.07) is 8.12. The number of hydrogen-bond donors (Lipinski definition) is 1. The van der Waals surface area contributed by atoms with Gasteiger partial charge >= 0.3 is 0 Å². The fourth-order valence-corrected chi connectivity index (χ4v) is 2.67. The Bertz CT molecular complexity index is 953. The van der Waals surface area contributed by atoms with Crippen molar-refractivity contribution in [1.29, 1.82) is 0 Å². The Balaban J connectivity index is 2.11. The number of aryl methyl sites for hydroxylation is 1. The molecule has 3 nitrogen and oxygen atoms in total. The zero-order chi connectivity index (χ0) is 18.0. The maximum Gasteiger partial charge on any atom is 0.132 e. The number of allylic oxidation sites excluding steroid dienone is 1. The Morgan fingerprint density at radius 3 is 2.68 bits per heavy atom. The molecule has 1 aromatic carbocycles. The third kappa shape index (κ3) is 3.69. The molecule has 2 aromatic heterocycles. The van der Waals surface area contributed by atoms with Gasteiger partial charge in [-0.05, 0) is 55.3 Å². The molecule has 1 N–H and O–H groups in total. The average Bonchev–Trinajstić information content (AvgIpc) is 2.59. The highest BCUT2D eigenvalue weighted by atomic mass is 35.5.